The van der Waals surface area contributed by atoms with E-state index in [9.17, 15) is 18.0 Å². The van der Waals surface area contributed by atoms with Crippen LogP contribution in [0.3, 0.4) is 0 Å². The summed E-state index contributed by atoms with van der Waals surface area (Å²) in [4.78, 5) is 29.0. The van der Waals surface area contributed by atoms with E-state index in [4.69, 9.17) is 0 Å². The summed E-state index contributed by atoms with van der Waals surface area (Å²) >= 11 is 1.36. The summed E-state index contributed by atoms with van der Waals surface area (Å²) in [5, 5.41) is 8.53. The van der Waals surface area contributed by atoms with Gasteiger partial charge in [-0.2, -0.15) is 5.10 Å². The highest BCUT2D eigenvalue weighted by Gasteiger charge is 2.37. The molecule has 0 radical (unpaired) electrons. The molecule has 1 aromatic carbocycles. The van der Waals surface area contributed by atoms with Crippen molar-refractivity contribution in [2.24, 2.45) is 5.10 Å². The summed E-state index contributed by atoms with van der Waals surface area (Å²) in [6.07, 6.45) is 0.721. The maximum Gasteiger partial charge on any atom is 0.273 e. The number of para-hydroxylation sites is 1. The molecule has 8 nitrogen and oxygen atoms in total. The lowest BCUT2D eigenvalue weighted by Crippen LogP contribution is -2.42. The van der Waals surface area contributed by atoms with Crippen molar-refractivity contribution in [3.8, 4) is 0 Å². The number of hydrogen-bond acceptors (Lipinski definition) is 7. The van der Waals surface area contributed by atoms with Gasteiger partial charge in [0.15, 0.2) is 15.0 Å². The van der Waals surface area contributed by atoms with E-state index >= 15 is 0 Å². The third kappa shape index (κ3) is 3.34. The summed E-state index contributed by atoms with van der Waals surface area (Å²) in [6, 6.07) is 7.06. The SMILES string of the molecule is O=C(Nc1nc2ccccc2s1)C1=NN([C@H]2CCS(=O)(=O)C2)C(=O)CC1. The minimum Gasteiger partial charge on any atom is -0.297 e. The Labute approximate surface area is 153 Å². The average molecular weight is 392 g/mol. The first-order chi connectivity index (χ1) is 12.4. The number of amides is 2. The van der Waals surface area contributed by atoms with Gasteiger partial charge in [0.1, 0.15) is 5.71 Å². The van der Waals surface area contributed by atoms with E-state index in [1.807, 2.05) is 24.3 Å². The molecular formula is C16H16N4O4S2. The van der Waals surface area contributed by atoms with E-state index in [1.54, 1.807) is 0 Å². The molecular weight excluding hydrogens is 376 g/mol. The van der Waals surface area contributed by atoms with E-state index in [0.717, 1.165) is 10.2 Å². The number of nitrogens with zero attached hydrogens (tertiary/aromatic N) is 3. The predicted octanol–water partition coefficient (Wildman–Crippen LogP) is 1.40. The van der Waals surface area contributed by atoms with Crippen LogP contribution in [-0.4, -0.2) is 53.5 Å². The summed E-state index contributed by atoms with van der Waals surface area (Å²) in [7, 11) is -3.14. The molecule has 0 spiro atoms. The van der Waals surface area contributed by atoms with Crippen LogP contribution in [0.5, 0.6) is 0 Å². The Hall–Kier alpha value is -2.33. The summed E-state index contributed by atoms with van der Waals surface area (Å²) in [5.41, 5.74) is 1.01. The summed E-state index contributed by atoms with van der Waals surface area (Å²) < 4.78 is 24.3. The van der Waals surface area contributed by atoms with Gasteiger partial charge in [0.2, 0.25) is 5.91 Å². The van der Waals surface area contributed by atoms with E-state index < -0.39 is 21.8 Å². The number of hydrogen-bond donors (Lipinski definition) is 1. The van der Waals surface area contributed by atoms with Gasteiger partial charge in [0, 0.05) is 12.8 Å². The maximum atomic E-state index is 12.5. The van der Waals surface area contributed by atoms with Gasteiger partial charge < -0.3 is 0 Å². The second-order valence-electron chi connectivity index (χ2n) is 6.28. The van der Waals surface area contributed by atoms with Gasteiger partial charge in [-0.15, -0.1) is 0 Å². The van der Waals surface area contributed by atoms with Gasteiger partial charge in [-0.3, -0.25) is 14.9 Å². The summed E-state index contributed by atoms with van der Waals surface area (Å²) in [5.74, 6) is -0.717. The number of sulfone groups is 1. The molecule has 1 aromatic heterocycles. The minimum atomic E-state index is -3.14. The standard InChI is InChI=1S/C16H16N4O4S2/c21-14-6-5-12(19-20(14)10-7-8-26(23,24)9-10)15(22)18-16-17-11-3-1-2-4-13(11)25-16/h1-4,10H,5-9H2,(H,17,18,22)/t10-/m0/s1. The molecule has 0 saturated carbocycles. The Kier molecular flexibility index (Phi) is 4.23. The molecule has 2 aliphatic rings. The quantitative estimate of drug-likeness (QED) is 0.849. The van der Waals surface area contributed by atoms with Crippen LogP contribution in [-0.2, 0) is 19.4 Å². The van der Waals surface area contributed by atoms with Crippen molar-refractivity contribution in [2.45, 2.75) is 25.3 Å². The predicted molar refractivity (Wildman–Crippen MR) is 98.8 cm³/mol. The first kappa shape index (κ1) is 17.1. The fourth-order valence-corrected chi connectivity index (χ4v) is 5.64. The molecule has 0 aliphatic carbocycles. The molecule has 0 bridgehead atoms. The molecule has 1 saturated heterocycles. The summed E-state index contributed by atoms with van der Waals surface area (Å²) in [6.45, 7) is 0. The van der Waals surface area contributed by atoms with Gasteiger partial charge in [-0.05, 0) is 18.6 Å². The maximum absolute atomic E-state index is 12.5. The van der Waals surface area contributed by atoms with Gasteiger partial charge >= 0.3 is 0 Å². The number of carbonyl (C=O) groups excluding carboxylic acids is 2. The number of thiazole rings is 1. The number of rotatable bonds is 3. The number of aromatic nitrogens is 1. The van der Waals surface area contributed by atoms with Crippen molar-refractivity contribution in [2.75, 3.05) is 16.8 Å². The van der Waals surface area contributed by atoms with Crippen LogP contribution in [0.25, 0.3) is 10.2 Å². The van der Waals surface area contributed by atoms with Gasteiger partial charge in [-0.1, -0.05) is 23.5 Å². The molecule has 26 heavy (non-hydrogen) atoms. The lowest BCUT2D eigenvalue weighted by molar-refractivity contribution is -0.133. The monoisotopic (exact) mass is 392 g/mol. The molecule has 136 valence electrons. The highest BCUT2D eigenvalue weighted by Crippen LogP contribution is 2.26. The first-order valence-corrected chi connectivity index (χ1v) is 10.8. The lowest BCUT2D eigenvalue weighted by Gasteiger charge is -2.27. The third-order valence-corrected chi connectivity index (χ3v) is 7.09. The number of hydrazone groups is 1. The Morgan fingerprint density at radius 3 is 2.81 bits per heavy atom. The molecule has 1 fully saturated rings. The van der Waals surface area contributed by atoms with E-state index in [-0.39, 0.29) is 36.0 Å². The molecule has 2 amide bonds. The smallest absolute Gasteiger partial charge is 0.273 e. The normalized spacial score (nSPS) is 22.5. The highest BCUT2D eigenvalue weighted by atomic mass is 32.2. The van der Waals surface area contributed by atoms with E-state index in [2.05, 4.69) is 15.4 Å². The third-order valence-electron chi connectivity index (χ3n) is 4.39. The van der Waals surface area contributed by atoms with Crippen LogP contribution >= 0.6 is 11.3 Å². The number of anilines is 1. The van der Waals surface area contributed by atoms with Crippen molar-refractivity contribution < 1.29 is 18.0 Å². The molecule has 10 heteroatoms. The minimum absolute atomic E-state index is 0.0458. The van der Waals surface area contributed by atoms with Crippen LogP contribution in [0.2, 0.25) is 0 Å². The van der Waals surface area contributed by atoms with Crippen molar-refractivity contribution in [3.63, 3.8) is 0 Å². The van der Waals surface area contributed by atoms with Gasteiger partial charge in [0.25, 0.3) is 5.91 Å². The highest BCUT2D eigenvalue weighted by molar-refractivity contribution is 7.91. The van der Waals surface area contributed by atoms with Crippen molar-refractivity contribution in [3.05, 3.63) is 24.3 Å². The Morgan fingerprint density at radius 1 is 1.27 bits per heavy atom. The molecule has 1 atom stereocenters. The second-order valence-corrected chi connectivity index (χ2v) is 9.54. The molecule has 3 heterocycles. The van der Waals surface area contributed by atoms with Crippen LogP contribution in [0.15, 0.2) is 29.4 Å². The first-order valence-electron chi connectivity index (χ1n) is 8.18. The van der Waals surface area contributed by atoms with Crippen LogP contribution < -0.4 is 5.32 Å². The average Bonchev–Trinajstić information content (AvgIpc) is 3.17. The fraction of sp³-hybridized carbons (Fsp3) is 0.375. The zero-order valence-corrected chi connectivity index (χ0v) is 15.3. The van der Waals surface area contributed by atoms with Crippen molar-refractivity contribution in [1.29, 1.82) is 0 Å². The number of benzene rings is 1. The number of carbonyl (C=O) groups is 2. The molecule has 1 N–H and O–H groups in total. The fourth-order valence-electron chi connectivity index (χ4n) is 3.08. The Bertz CT molecular complexity index is 995. The lowest BCUT2D eigenvalue weighted by atomic mass is 10.1. The van der Waals surface area contributed by atoms with E-state index in [1.165, 1.54) is 16.3 Å². The van der Waals surface area contributed by atoms with Crippen molar-refractivity contribution >= 4 is 54.0 Å². The number of fused-ring (bicyclic) bond motifs is 1. The van der Waals surface area contributed by atoms with E-state index in [0.29, 0.717) is 11.6 Å². The number of nitrogens with one attached hydrogen (secondary N) is 1. The largest absolute Gasteiger partial charge is 0.297 e. The molecule has 0 unspecified atom stereocenters. The Morgan fingerprint density at radius 2 is 2.08 bits per heavy atom. The Balaban J connectivity index is 1.53. The molecule has 4 rings (SSSR count). The zero-order chi connectivity index (χ0) is 18.3. The zero-order valence-electron chi connectivity index (χ0n) is 13.7. The van der Waals surface area contributed by atoms with Crippen LogP contribution in [0, 0.1) is 0 Å². The second kappa shape index (κ2) is 6.44. The molecule has 2 aliphatic heterocycles. The molecule has 2 aromatic rings. The van der Waals surface area contributed by atoms with Crippen LogP contribution in [0.4, 0.5) is 5.13 Å². The van der Waals surface area contributed by atoms with Crippen molar-refractivity contribution in [1.82, 2.24) is 9.99 Å². The van der Waals surface area contributed by atoms with Gasteiger partial charge in [-0.25, -0.2) is 18.4 Å². The van der Waals surface area contributed by atoms with Gasteiger partial charge in [0.05, 0.1) is 27.8 Å². The van der Waals surface area contributed by atoms with Crippen LogP contribution in [0.1, 0.15) is 19.3 Å². The topological polar surface area (TPSA) is 109 Å².